The van der Waals surface area contributed by atoms with E-state index >= 15 is 19.2 Å². The van der Waals surface area contributed by atoms with Gasteiger partial charge in [0.1, 0.15) is 84.4 Å². The van der Waals surface area contributed by atoms with Crippen molar-refractivity contribution in [3.05, 3.63) is 179 Å². The maximum atomic E-state index is 15.2. The third-order valence-electron chi connectivity index (χ3n) is 20.2. The number of nitrogens with zero attached hydrogens (tertiary/aromatic N) is 8. The first-order valence-electron chi connectivity index (χ1n) is 36.2. The van der Waals surface area contributed by atoms with Gasteiger partial charge in [0.05, 0.1) is 36.6 Å². The first-order valence-corrected chi connectivity index (χ1v) is 36.2. The molecular formula is C78H92N16O14. The molecule has 14 rings (SSSR count). The first-order chi connectivity index (χ1) is 51.8. The fourth-order valence-electron chi connectivity index (χ4n) is 13.6. The second-order valence-electron chi connectivity index (χ2n) is 28.6. The Kier molecular flexibility index (Phi) is 24.9. The molecule has 0 unspecified atom stereocenters. The molecule has 12 bridgehead atoms. The topological polar surface area (TPSA) is 394 Å². The zero-order valence-electron chi connectivity index (χ0n) is 61.4. The van der Waals surface area contributed by atoms with Crippen molar-refractivity contribution in [1.82, 2.24) is 82.3 Å². The van der Waals surface area contributed by atoms with Crippen molar-refractivity contribution >= 4 is 80.7 Å². The third-order valence-corrected chi connectivity index (χ3v) is 20.2. The van der Waals surface area contributed by atoms with Gasteiger partial charge in [-0.05, 0) is 108 Å². The number of carboxylic acids is 2. The summed E-state index contributed by atoms with van der Waals surface area (Å²) >= 11 is 0. The summed E-state index contributed by atoms with van der Waals surface area (Å²) in [5, 5.41) is 65.3. The monoisotopic (exact) mass is 1480 g/mol. The van der Waals surface area contributed by atoms with Crippen LogP contribution in [0.3, 0.4) is 0 Å². The van der Waals surface area contributed by atoms with Crippen molar-refractivity contribution in [2.75, 3.05) is 27.2 Å². The van der Waals surface area contributed by atoms with Gasteiger partial charge in [0, 0.05) is 51.6 Å². The lowest BCUT2D eigenvalue weighted by Crippen LogP contribution is -2.59. The summed E-state index contributed by atoms with van der Waals surface area (Å²) in [4.78, 5) is 146. The molecule has 0 radical (unpaired) electrons. The molecule has 0 aliphatic carbocycles. The van der Waals surface area contributed by atoms with Gasteiger partial charge >= 0.3 is 11.9 Å². The Balaban J connectivity index is 0.913. The van der Waals surface area contributed by atoms with Gasteiger partial charge < -0.3 is 72.0 Å². The van der Waals surface area contributed by atoms with Gasteiger partial charge in [-0.15, -0.1) is 10.2 Å². The number of likely N-dealkylation sites (N-methyl/N-ethyl adjacent to an activating group) is 2. The Morgan fingerprint density at radius 1 is 0.491 bits per heavy atom. The Labute approximate surface area is 623 Å². The summed E-state index contributed by atoms with van der Waals surface area (Å²) in [5.74, 6) is -8.08. The van der Waals surface area contributed by atoms with Gasteiger partial charge in [-0.25, -0.2) is 19.0 Å². The second-order valence-corrected chi connectivity index (χ2v) is 28.6. The number of amides is 8. The molecule has 568 valence electrons. The Morgan fingerprint density at radius 3 is 1.21 bits per heavy atom. The number of hydrogen-bond acceptors (Lipinski definition) is 18. The van der Waals surface area contributed by atoms with Crippen LogP contribution in [0.4, 0.5) is 0 Å². The minimum absolute atomic E-state index is 0.0329. The number of aromatic nitrogens is 6. The maximum Gasteiger partial charge on any atom is 0.326 e. The van der Waals surface area contributed by atoms with Gasteiger partial charge in [0.15, 0.2) is 0 Å². The molecule has 30 nitrogen and oxygen atoms in total. The predicted molar refractivity (Wildman–Crippen MR) is 396 cm³/mol. The third kappa shape index (κ3) is 18.9. The minimum atomic E-state index is -1.51. The largest absolute Gasteiger partial charge is 0.487 e. The molecule has 8 heterocycles. The van der Waals surface area contributed by atoms with Crippen LogP contribution in [0.25, 0.3) is 21.5 Å². The van der Waals surface area contributed by atoms with E-state index in [1.54, 1.807) is 117 Å². The number of carboxylic acid groups (broad SMARTS) is 2. The smallest absolute Gasteiger partial charge is 0.326 e. The quantitative estimate of drug-likeness (QED) is 0.0661. The lowest BCUT2D eigenvalue weighted by Gasteiger charge is -2.32. The standard InChI is InChI=1S/C78H92N16O14/c1-43(2)67(85-69(95)45(5)79-7)75(101)91-39-57-35-65(91)73(99)81-61(33-49-17-23-51-13-9-11-15-53(51)29-49)71(97)83-63(77(103)104)31-47-21-27-60(28-22-47)108-42-56-38-94(90-88-56)58-36-66(92(40-58)76(102)68(44(3)4)86-70(96)46(6)80-8)74(100)82-62(34-50-18-24-52-14-10-12-16-54(52)30-50)72(98)84-64(78(105)106)32-48-19-25-59(26-20-48)107-41-55-37-93(57)89-87-55/h9-30,37-38,43-46,57-58,61-68,79-80H,31-36,39-42H2,1-8H3,(H,81,99)(H,82,100)(H,83,97)(H,84,98)(H,85,95)(H,86,96)(H,103,104)(H,105,106)/t45-,46-,57-,58-,61-,62-,63-,64-,65-,66-,67-,68-/m0/s1. The first kappa shape index (κ1) is 77.4. The van der Waals surface area contributed by atoms with Crippen molar-refractivity contribution < 1.29 is 67.6 Å². The zero-order chi connectivity index (χ0) is 77.0. The van der Waals surface area contributed by atoms with Crippen molar-refractivity contribution in [1.29, 1.82) is 0 Å². The zero-order valence-corrected chi connectivity index (χ0v) is 61.4. The molecule has 2 aromatic heterocycles. The number of likely N-dealkylation sites (tertiary alicyclic amines) is 2. The highest BCUT2D eigenvalue weighted by Crippen LogP contribution is 2.32. The SMILES string of the molecule is CN[C@@H](C)C(=O)N[C@H](C(=O)N1C[C@@H]2C[C@H]1C(=O)N[C@@H](Cc1ccc3ccccc3c1)C(=O)N[C@H](C(=O)O)Cc1ccc(cc1)OCc1cn(nn1)[C@H]1C[C@@H](C(=O)N[C@@H](Cc3ccc4ccccc4c3)C(=O)N[C@H](C(=O)O)Cc3ccc(cc3)OCc3cn2nn3)N(C(=O)[C@@H](NC(=O)[C@H](C)NC)C(C)C)C1)C(C)C. The van der Waals surface area contributed by atoms with E-state index in [-0.39, 0.29) is 64.8 Å². The molecule has 8 amide bonds. The van der Waals surface area contributed by atoms with Crippen molar-refractivity contribution in [2.24, 2.45) is 11.8 Å². The van der Waals surface area contributed by atoms with Crippen molar-refractivity contribution in [3.8, 4) is 11.5 Å². The molecule has 0 spiro atoms. The molecule has 30 heteroatoms. The number of aliphatic carboxylic acids is 2. The number of benzene rings is 6. The van der Waals surface area contributed by atoms with Crippen molar-refractivity contribution in [2.45, 2.75) is 166 Å². The van der Waals surface area contributed by atoms with Gasteiger partial charge in [0.25, 0.3) is 0 Å². The predicted octanol–water partition coefficient (Wildman–Crippen LogP) is 3.51. The molecule has 6 aliphatic rings. The molecule has 6 aliphatic heterocycles. The molecular weight excluding hydrogens is 1380 g/mol. The van der Waals surface area contributed by atoms with Crippen LogP contribution in [-0.4, -0.2) is 197 Å². The van der Waals surface area contributed by atoms with Crippen LogP contribution < -0.4 is 52.0 Å². The van der Waals surface area contributed by atoms with Crippen LogP contribution in [0, 0.1) is 11.8 Å². The van der Waals surface area contributed by atoms with E-state index in [9.17, 15) is 39.0 Å². The lowest BCUT2D eigenvalue weighted by atomic mass is 9.99. The Morgan fingerprint density at radius 2 is 0.861 bits per heavy atom. The number of ether oxygens (including phenoxy) is 2. The fraction of sp³-hybridized carbons (Fsp3) is 0.410. The molecule has 2 fully saturated rings. The maximum absolute atomic E-state index is 15.2. The summed E-state index contributed by atoms with van der Waals surface area (Å²) in [5.41, 5.74) is 2.96. The van der Waals surface area contributed by atoms with Crippen LogP contribution in [-0.2, 0) is 86.8 Å². The van der Waals surface area contributed by atoms with E-state index in [2.05, 4.69) is 63.2 Å². The average Bonchev–Trinajstić information content (AvgIpc) is 1.64. The van der Waals surface area contributed by atoms with Gasteiger partial charge in [0.2, 0.25) is 47.3 Å². The number of carbonyl (C=O) groups excluding carboxylic acids is 8. The summed E-state index contributed by atoms with van der Waals surface area (Å²) in [6.07, 6.45) is 2.56. The van der Waals surface area contributed by atoms with E-state index in [0.29, 0.717) is 45.1 Å². The highest BCUT2D eigenvalue weighted by molar-refractivity contribution is 5.98. The number of fused-ring (bicyclic) bond motifs is 2. The Hall–Kier alpha value is -11.7. The molecule has 0 saturated carbocycles. The number of nitrogens with one attached hydrogen (secondary N) is 8. The van der Waals surface area contributed by atoms with E-state index in [1.165, 1.54) is 19.2 Å². The molecule has 108 heavy (non-hydrogen) atoms. The molecule has 10 N–H and O–H groups in total. The van der Waals surface area contributed by atoms with Crippen molar-refractivity contribution in [3.63, 3.8) is 0 Å². The summed E-state index contributed by atoms with van der Waals surface area (Å²) in [7, 11) is 3.22. The lowest BCUT2D eigenvalue weighted by molar-refractivity contribution is -0.144. The van der Waals surface area contributed by atoms with Crippen LogP contribution in [0.15, 0.2) is 146 Å². The van der Waals surface area contributed by atoms with E-state index in [4.69, 9.17) is 9.47 Å². The van der Waals surface area contributed by atoms with Gasteiger partial charge in [-0.2, -0.15) is 0 Å². The normalized spacial score (nSPS) is 21.6. The molecule has 12 atom stereocenters. The van der Waals surface area contributed by atoms with Crippen LogP contribution in [0.5, 0.6) is 11.5 Å². The second kappa shape index (κ2) is 34.7. The molecule has 8 aromatic rings. The average molecular weight is 1480 g/mol. The minimum Gasteiger partial charge on any atom is -0.487 e. The summed E-state index contributed by atoms with van der Waals surface area (Å²) in [6, 6.07) is 26.1. The Bertz CT molecular complexity index is 4320. The highest BCUT2D eigenvalue weighted by Gasteiger charge is 2.47. The molecule has 2 saturated heterocycles. The van der Waals surface area contributed by atoms with Gasteiger partial charge in [-0.3, -0.25) is 38.4 Å². The van der Waals surface area contributed by atoms with E-state index in [0.717, 1.165) is 21.5 Å². The van der Waals surface area contributed by atoms with Crippen LogP contribution >= 0.6 is 0 Å². The van der Waals surface area contributed by atoms with Crippen LogP contribution in [0.2, 0.25) is 0 Å². The number of hydrogen-bond donors (Lipinski definition) is 10. The summed E-state index contributed by atoms with van der Waals surface area (Å²) in [6.45, 7) is 9.92. The molecule has 6 aromatic carbocycles. The van der Waals surface area contributed by atoms with Gasteiger partial charge in [-0.1, -0.05) is 147 Å². The van der Waals surface area contributed by atoms with E-state index < -0.39 is 144 Å². The number of rotatable bonds is 16. The summed E-state index contributed by atoms with van der Waals surface area (Å²) < 4.78 is 15.3. The fourth-order valence-corrected chi connectivity index (χ4v) is 13.6. The van der Waals surface area contributed by atoms with Crippen LogP contribution in [0.1, 0.15) is 100 Å². The van der Waals surface area contributed by atoms with E-state index in [1.807, 2.05) is 84.9 Å². The number of carbonyl (C=O) groups is 10. The highest BCUT2D eigenvalue weighted by atomic mass is 16.5.